The minimum Gasteiger partial charge on any atom is -0.384 e. The zero-order valence-electron chi connectivity index (χ0n) is 10.4. The molecule has 2 rings (SSSR count). The predicted octanol–water partition coefficient (Wildman–Crippen LogP) is 2.63. The summed E-state index contributed by atoms with van der Waals surface area (Å²) >= 11 is 1.88. The average Bonchev–Trinajstić information content (AvgIpc) is 2.34. The van der Waals surface area contributed by atoms with Crippen LogP contribution in [0.1, 0.15) is 25.7 Å². The lowest BCUT2D eigenvalue weighted by Gasteiger charge is -2.32. The lowest BCUT2D eigenvalue weighted by Crippen LogP contribution is -2.36. The fourth-order valence-corrected chi connectivity index (χ4v) is 3.22. The lowest BCUT2D eigenvalue weighted by atomic mass is 10.0. The molecule has 17 heavy (non-hydrogen) atoms. The number of rotatable bonds is 4. The van der Waals surface area contributed by atoms with E-state index >= 15 is 0 Å². The van der Waals surface area contributed by atoms with Gasteiger partial charge >= 0.3 is 0 Å². The molecule has 1 unspecified atom stereocenters. The van der Waals surface area contributed by atoms with Gasteiger partial charge in [0.05, 0.1) is 0 Å². The highest BCUT2D eigenvalue weighted by Crippen LogP contribution is 2.23. The molecule has 0 aliphatic carbocycles. The van der Waals surface area contributed by atoms with Gasteiger partial charge in [0.15, 0.2) is 0 Å². The second-order valence-corrected chi connectivity index (χ2v) is 5.85. The molecule has 0 amide bonds. The van der Waals surface area contributed by atoms with Gasteiger partial charge in [0.2, 0.25) is 0 Å². The van der Waals surface area contributed by atoms with Gasteiger partial charge in [0.25, 0.3) is 0 Å². The molecule has 0 spiro atoms. The second kappa shape index (κ2) is 6.26. The van der Waals surface area contributed by atoms with E-state index < -0.39 is 0 Å². The van der Waals surface area contributed by atoms with Gasteiger partial charge in [-0.15, -0.1) is 11.8 Å². The van der Waals surface area contributed by atoms with Crippen molar-refractivity contribution in [2.45, 2.75) is 36.6 Å². The number of nitrogens with two attached hydrogens (primary N) is 1. The molecule has 0 saturated carbocycles. The van der Waals surface area contributed by atoms with Crippen molar-refractivity contribution in [3.05, 3.63) is 18.3 Å². The number of hydrogen-bond donors (Lipinski definition) is 1. The summed E-state index contributed by atoms with van der Waals surface area (Å²) in [4.78, 5) is 7.83. The summed E-state index contributed by atoms with van der Waals surface area (Å²) in [5.41, 5.74) is 5.56. The molecule has 1 aromatic heterocycles. The topological polar surface area (TPSA) is 42.1 Å². The Balaban J connectivity index is 1.73. The van der Waals surface area contributed by atoms with Crippen LogP contribution in [0.2, 0.25) is 0 Å². The van der Waals surface area contributed by atoms with Gasteiger partial charge in [0, 0.05) is 17.1 Å². The summed E-state index contributed by atoms with van der Waals surface area (Å²) in [7, 11) is 2.25. The van der Waals surface area contributed by atoms with Gasteiger partial charge in [-0.3, -0.25) is 0 Å². The quantitative estimate of drug-likeness (QED) is 0.835. The number of hydrogen-bond acceptors (Lipinski definition) is 4. The fraction of sp³-hybridized carbons (Fsp3) is 0.615. The van der Waals surface area contributed by atoms with Gasteiger partial charge in [0.1, 0.15) is 5.82 Å². The van der Waals surface area contributed by atoms with Crippen LogP contribution in [-0.2, 0) is 0 Å². The monoisotopic (exact) mass is 251 g/mol. The maximum atomic E-state index is 5.56. The Morgan fingerprint density at radius 1 is 1.47 bits per heavy atom. The minimum atomic E-state index is 0.598. The molecule has 2 heterocycles. The van der Waals surface area contributed by atoms with Crippen molar-refractivity contribution < 1.29 is 0 Å². The number of nitrogen functional groups attached to an aromatic ring is 1. The predicted molar refractivity (Wildman–Crippen MR) is 74.3 cm³/mol. The molecule has 0 bridgehead atoms. The van der Waals surface area contributed by atoms with Gasteiger partial charge in [-0.1, -0.05) is 6.42 Å². The van der Waals surface area contributed by atoms with Crippen molar-refractivity contribution >= 4 is 17.6 Å². The molecule has 0 radical (unpaired) electrons. The Morgan fingerprint density at radius 3 is 3.06 bits per heavy atom. The van der Waals surface area contributed by atoms with Crippen LogP contribution >= 0.6 is 11.8 Å². The van der Waals surface area contributed by atoms with E-state index in [2.05, 4.69) is 23.0 Å². The van der Waals surface area contributed by atoms with Crippen molar-refractivity contribution in [2.24, 2.45) is 0 Å². The average molecular weight is 251 g/mol. The van der Waals surface area contributed by atoms with E-state index in [0.29, 0.717) is 5.82 Å². The SMILES string of the molecule is CN1CCCCC1CCSc1ccc(N)nc1. The zero-order chi connectivity index (χ0) is 12.1. The molecular formula is C13H21N3S. The fourth-order valence-electron chi connectivity index (χ4n) is 2.30. The van der Waals surface area contributed by atoms with Crippen LogP contribution in [0.3, 0.4) is 0 Å². The molecule has 1 aliphatic heterocycles. The number of aromatic nitrogens is 1. The highest BCUT2D eigenvalue weighted by Gasteiger charge is 2.18. The van der Waals surface area contributed by atoms with E-state index in [-0.39, 0.29) is 0 Å². The van der Waals surface area contributed by atoms with E-state index in [1.807, 2.05) is 24.0 Å². The van der Waals surface area contributed by atoms with Crippen LogP contribution in [0.4, 0.5) is 5.82 Å². The number of pyridine rings is 1. The standard InChI is InChI=1S/C13H21N3S/c1-16-8-3-2-4-11(16)7-9-17-12-5-6-13(14)15-10-12/h5-6,10-11H,2-4,7-9H2,1H3,(H2,14,15). The summed E-state index contributed by atoms with van der Waals surface area (Å²) < 4.78 is 0. The third-order valence-electron chi connectivity index (χ3n) is 3.40. The summed E-state index contributed by atoms with van der Waals surface area (Å²) in [6, 6.07) is 4.70. The largest absolute Gasteiger partial charge is 0.384 e. The first kappa shape index (κ1) is 12.7. The van der Waals surface area contributed by atoms with E-state index in [4.69, 9.17) is 5.73 Å². The van der Waals surface area contributed by atoms with Crippen molar-refractivity contribution in [1.82, 2.24) is 9.88 Å². The maximum absolute atomic E-state index is 5.56. The van der Waals surface area contributed by atoms with Crippen LogP contribution in [0, 0.1) is 0 Å². The highest BCUT2D eigenvalue weighted by molar-refractivity contribution is 7.99. The number of thioether (sulfide) groups is 1. The molecule has 1 atom stereocenters. The summed E-state index contributed by atoms with van der Waals surface area (Å²) in [6.07, 6.45) is 7.25. The molecule has 2 N–H and O–H groups in total. The molecule has 94 valence electrons. The van der Waals surface area contributed by atoms with Crippen LogP contribution < -0.4 is 5.73 Å². The van der Waals surface area contributed by atoms with Crippen LogP contribution in [0.25, 0.3) is 0 Å². The van der Waals surface area contributed by atoms with E-state index in [1.165, 1.54) is 42.9 Å². The number of nitrogens with zero attached hydrogens (tertiary/aromatic N) is 2. The van der Waals surface area contributed by atoms with Crippen molar-refractivity contribution in [1.29, 1.82) is 0 Å². The number of piperidine rings is 1. The zero-order valence-corrected chi connectivity index (χ0v) is 11.2. The van der Waals surface area contributed by atoms with Crippen molar-refractivity contribution in [3.63, 3.8) is 0 Å². The van der Waals surface area contributed by atoms with Gasteiger partial charge in [-0.2, -0.15) is 0 Å². The molecule has 4 heteroatoms. The number of anilines is 1. The lowest BCUT2D eigenvalue weighted by molar-refractivity contribution is 0.182. The van der Waals surface area contributed by atoms with Gasteiger partial charge in [-0.25, -0.2) is 4.98 Å². The molecule has 1 fully saturated rings. The maximum Gasteiger partial charge on any atom is 0.123 e. The normalized spacial score (nSPS) is 21.6. The first-order chi connectivity index (χ1) is 8.25. The first-order valence-electron chi connectivity index (χ1n) is 6.30. The highest BCUT2D eigenvalue weighted by atomic mass is 32.2. The third kappa shape index (κ3) is 3.89. The van der Waals surface area contributed by atoms with Crippen LogP contribution in [-0.4, -0.2) is 35.3 Å². The van der Waals surface area contributed by atoms with Crippen LogP contribution in [0.15, 0.2) is 23.2 Å². The van der Waals surface area contributed by atoms with E-state index in [1.54, 1.807) is 0 Å². The van der Waals surface area contributed by atoms with E-state index in [9.17, 15) is 0 Å². The summed E-state index contributed by atoms with van der Waals surface area (Å²) in [5, 5.41) is 0. The third-order valence-corrected chi connectivity index (χ3v) is 4.42. The Labute approximate surface area is 108 Å². The molecule has 1 saturated heterocycles. The van der Waals surface area contributed by atoms with Gasteiger partial charge < -0.3 is 10.6 Å². The molecule has 1 aromatic rings. The second-order valence-electron chi connectivity index (χ2n) is 4.69. The molecular weight excluding hydrogens is 230 g/mol. The first-order valence-corrected chi connectivity index (χ1v) is 7.29. The minimum absolute atomic E-state index is 0.598. The van der Waals surface area contributed by atoms with Gasteiger partial charge in [-0.05, 0) is 50.7 Å². The number of likely N-dealkylation sites (tertiary alicyclic amines) is 1. The smallest absolute Gasteiger partial charge is 0.123 e. The Morgan fingerprint density at radius 2 is 2.35 bits per heavy atom. The molecule has 1 aliphatic rings. The molecule has 0 aromatic carbocycles. The Hall–Kier alpha value is -0.740. The molecule has 3 nitrogen and oxygen atoms in total. The van der Waals surface area contributed by atoms with Crippen molar-refractivity contribution in [2.75, 3.05) is 25.1 Å². The summed E-state index contributed by atoms with van der Waals surface area (Å²) in [6.45, 7) is 1.26. The Bertz CT molecular complexity index is 339. The van der Waals surface area contributed by atoms with E-state index in [0.717, 1.165) is 6.04 Å². The van der Waals surface area contributed by atoms with Crippen molar-refractivity contribution in [3.8, 4) is 0 Å². The summed E-state index contributed by atoms with van der Waals surface area (Å²) in [5.74, 6) is 1.77. The Kier molecular flexibility index (Phi) is 4.68. The van der Waals surface area contributed by atoms with Crippen LogP contribution in [0.5, 0.6) is 0 Å².